The Morgan fingerprint density at radius 3 is 2.72 bits per heavy atom. The number of aromatic nitrogens is 3. The maximum absolute atomic E-state index is 14.2. The Morgan fingerprint density at radius 1 is 1.16 bits per heavy atom. The summed E-state index contributed by atoms with van der Waals surface area (Å²) in [5.74, 6) is 1.24. The van der Waals surface area contributed by atoms with Crippen LogP contribution in [0, 0.1) is 11.7 Å². The highest BCUT2D eigenvalue weighted by molar-refractivity contribution is 5.67. The Morgan fingerprint density at radius 2 is 1.96 bits per heavy atom. The summed E-state index contributed by atoms with van der Waals surface area (Å²) in [5.41, 5.74) is 1.84. The van der Waals surface area contributed by atoms with E-state index in [9.17, 15) is 4.39 Å². The minimum absolute atomic E-state index is 0.251. The summed E-state index contributed by atoms with van der Waals surface area (Å²) in [6.45, 7) is 2.06. The van der Waals surface area contributed by atoms with E-state index in [4.69, 9.17) is 5.11 Å². The van der Waals surface area contributed by atoms with E-state index in [2.05, 4.69) is 15.0 Å². The van der Waals surface area contributed by atoms with Gasteiger partial charge >= 0.3 is 0 Å². The smallest absolute Gasteiger partial charge is 0.157 e. The fourth-order valence-corrected chi connectivity index (χ4v) is 3.56. The van der Waals surface area contributed by atoms with Crippen LogP contribution in [-0.4, -0.2) is 39.4 Å². The van der Waals surface area contributed by atoms with E-state index in [0.29, 0.717) is 22.8 Å². The first kappa shape index (κ1) is 16.0. The van der Waals surface area contributed by atoms with Gasteiger partial charge in [-0.05, 0) is 37.3 Å². The van der Waals surface area contributed by atoms with E-state index < -0.39 is 0 Å². The second-order valence-electron chi connectivity index (χ2n) is 6.52. The van der Waals surface area contributed by atoms with Gasteiger partial charge < -0.3 is 10.0 Å². The van der Waals surface area contributed by atoms with Gasteiger partial charge in [-0.3, -0.25) is 0 Å². The Hall–Kier alpha value is -2.47. The third-order valence-electron chi connectivity index (χ3n) is 4.97. The van der Waals surface area contributed by atoms with Gasteiger partial charge in [0.2, 0.25) is 0 Å². The molecule has 3 heterocycles. The SMILES string of the molecule is OCCC1CCN(c2cc(-c3ccccc3F)nc3ccnn23)CC1. The summed E-state index contributed by atoms with van der Waals surface area (Å²) in [7, 11) is 0. The fraction of sp³-hybridized carbons (Fsp3) is 0.368. The average molecular weight is 340 g/mol. The van der Waals surface area contributed by atoms with Gasteiger partial charge in [0.1, 0.15) is 11.6 Å². The number of fused-ring (bicyclic) bond motifs is 1. The van der Waals surface area contributed by atoms with E-state index in [1.807, 2.05) is 22.7 Å². The predicted molar refractivity (Wildman–Crippen MR) is 95.0 cm³/mol. The van der Waals surface area contributed by atoms with Crippen molar-refractivity contribution in [3.05, 3.63) is 48.4 Å². The normalized spacial score (nSPS) is 15.8. The molecule has 2 aromatic heterocycles. The molecule has 6 heteroatoms. The summed E-state index contributed by atoms with van der Waals surface area (Å²) in [6, 6.07) is 10.5. The number of piperidine rings is 1. The first-order chi connectivity index (χ1) is 12.3. The van der Waals surface area contributed by atoms with Crippen molar-refractivity contribution in [1.29, 1.82) is 0 Å². The van der Waals surface area contributed by atoms with Crippen LogP contribution in [0.15, 0.2) is 42.6 Å². The maximum atomic E-state index is 14.2. The molecule has 5 nitrogen and oxygen atoms in total. The Balaban J connectivity index is 1.71. The minimum Gasteiger partial charge on any atom is -0.396 e. The molecule has 0 aliphatic carbocycles. The number of halogens is 1. The van der Waals surface area contributed by atoms with E-state index in [-0.39, 0.29) is 12.4 Å². The Kier molecular flexibility index (Phi) is 4.36. The molecule has 0 radical (unpaired) electrons. The third-order valence-corrected chi connectivity index (χ3v) is 4.97. The van der Waals surface area contributed by atoms with E-state index in [0.717, 1.165) is 38.2 Å². The highest BCUT2D eigenvalue weighted by atomic mass is 19.1. The largest absolute Gasteiger partial charge is 0.396 e. The zero-order valence-corrected chi connectivity index (χ0v) is 14.0. The molecular formula is C19H21FN4O. The first-order valence-corrected chi connectivity index (χ1v) is 8.72. The molecule has 0 spiro atoms. The number of rotatable bonds is 4. The summed E-state index contributed by atoms with van der Waals surface area (Å²) in [5, 5.41) is 13.5. The van der Waals surface area contributed by atoms with Crippen LogP contribution in [-0.2, 0) is 0 Å². The predicted octanol–water partition coefficient (Wildman–Crippen LogP) is 3.13. The molecule has 1 aliphatic heterocycles. The molecule has 130 valence electrons. The molecule has 0 amide bonds. The zero-order valence-electron chi connectivity index (χ0n) is 14.0. The van der Waals surface area contributed by atoms with Crippen molar-refractivity contribution in [2.24, 2.45) is 5.92 Å². The number of anilines is 1. The number of nitrogens with zero attached hydrogens (tertiary/aromatic N) is 4. The van der Waals surface area contributed by atoms with Crippen LogP contribution in [0.25, 0.3) is 16.9 Å². The van der Waals surface area contributed by atoms with Gasteiger partial charge in [-0.25, -0.2) is 9.37 Å². The number of hydrogen-bond acceptors (Lipinski definition) is 4. The van der Waals surface area contributed by atoms with Crippen LogP contribution < -0.4 is 4.90 Å². The van der Waals surface area contributed by atoms with Crippen molar-refractivity contribution in [3.8, 4) is 11.3 Å². The van der Waals surface area contributed by atoms with Crippen LogP contribution >= 0.6 is 0 Å². The quantitative estimate of drug-likeness (QED) is 0.793. The van der Waals surface area contributed by atoms with Crippen molar-refractivity contribution < 1.29 is 9.50 Å². The lowest BCUT2D eigenvalue weighted by atomic mass is 9.94. The second kappa shape index (κ2) is 6.80. The number of benzene rings is 1. The Bertz CT molecular complexity index is 871. The highest BCUT2D eigenvalue weighted by Crippen LogP contribution is 2.29. The van der Waals surface area contributed by atoms with Crippen molar-refractivity contribution in [2.45, 2.75) is 19.3 Å². The summed E-state index contributed by atoms with van der Waals surface area (Å²) in [6.07, 6.45) is 4.67. The summed E-state index contributed by atoms with van der Waals surface area (Å²) < 4.78 is 16.0. The molecule has 1 aromatic carbocycles. The van der Waals surface area contributed by atoms with Crippen molar-refractivity contribution >= 4 is 11.5 Å². The molecule has 3 aromatic rings. The fourth-order valence-electron chi connectivity index (χ4n) is 3.56. The van der Waals surface area contributed by atoms with Crippen LogP contribution in [0.4, 0.5) is 10.2 Å². The van der Waals surface area contributed by atoms with Gasteiger partial charge in [-0.2, -0.15) is 9.61 Å². The molecule has 1 saturated heterocycles. The van der Waals surface area contributed by atoms with Crippen molar-refractivity contribution in [3.63, 3.8) is 0 Å². The van der Waals surface area contributed by atoms with Gasteiger partial charge in [0.25, 0.3) is 0 Å². The maximum Gasteiger partial charge on any atom is 0.157 e. The van der Waals surface area contributed by atoms with E-state index >= 15 is 0 Å². The molecule has 0 bridgehead atoms. The number of aliphatic hydroxyl groups is 1. The topological polar surface area (TPSA) is 53.7 Å². The summed E-state index contributed by atoms with van der Waals surface area (Å²) in [4.78, 5) is 6.84. The first-order valence-electron chi connectivity index (χ1n) is 8.72. The lowest BCUT2D eigenvalue weighted by Gasteiger charge is -2.33. The molecule has 25 heavy (non-hydrogen) atoms. The molecule has 0 atom stereocenters. The van der Waals surface area contributed by atoms with Crippen molar-refractivity contribution in [2.75, 3.05) is 24.6 Å². The average Bonchev–Trinajstić information content (AvgIpc) is 3.11. The number of aliphatic hydroxyl groups excluding tert-OH is 1. The van der Waals surface area contributed by atoms with E-state index in [1.165, 1.54) is 6.07 Å². The summed E-state index contributed by atoms with van der Waals surface area (Å²) >= 11 is 0. The lowest BCUT2D eigenvalue weighted by molar-refractivity contribution is 0.240. The van der Waals surface area contributed by atoms with Gasteiger partial charge in [-0.1, -0.05) is 12.1 Å². The second-order valence-corrected chi connectivity index (χ2v) is 6.52. The van der Waals surface area contributed by atoms with E-state index in [1.54, 1.807) is 18.3 Å². The molecule has 0 unspecified atom stereocenters. The zero-order chi connectivity index (χ0) is 17.2. The van der Waals surface area contributed by atoms with Gasteiger partial charge in [0.15, 0.2) is 5.65 Å². The molecule has 1 fully saturated rings. The highest BCUT2D eigenvalue weighted by Gasteiger charge is 2.22. The van der Waals surface area contributed by atoms with Crippen LogP contribution in [0.2, 0.25) is 0 Å². The standard InChI is InChI=1S/C19H21FN4O/c20-16-4-2-1-3-15(16)17-13-19(24-18(22-17)5-9-21-24)23-10-6-14(7-11-23)8-12-25/h1-5,9,13-14,25H,6-8,10-12H2. The molecule has 4 rings (SSSR count). The van der Waals surface area contributed by atoms with Gasteiger partial charge in [0, 0.05) is 37.4 Å². The van der Waals surface area contributed by atoms with Crippen LogP contribution in [0.3, 0.4) is 0 Å². The van der Waals surface area contributed by atoms with Gasteiger partial charge in [0.05, 0.1) is 11.9 Å². The monoisotopic (exact) mass is 340 g/mol. The molecule has 1 aliphatic rings. The lowest BCUT2D eigenvalue weighted by Crippen LogP contribution is -2.35. The van der Waals surface area contributed by atoms with Gasteiger partial charge in [-0.15, -0.1) is 0 Å². The minimum atomic E-state index is -0.272. The third kappa shape index (κ3) is 3.09. The number of hydrogen-bond donors (Lipinski definition) is 1. The molecule has 1 N–H and O–H groups in total. The van der Waals surface area contributed by atoms with Crippen molar-refractivity contribution in [1.82, 2.24) is 14.6 Å². The molecular weight excluding hydrogens is 319 g/mol. The Labute approximate surface area is 145 Å². The van der Waals surface area contributed by atoms with Crippen LogP contribution in [0.1, 0.15) is 19.3 Å². The van der Waals surface area contributed by atoms with Crippen LogP contribution in [0.5, 0.6) is 0 Å². The molecule has 0 saturated carbocycles.